The van der Waals surface area contributed by atoms with Crippen LogP contribution in [0.2, 0.25) is 0 Å². The van der Waals surface area contributed by atoms with Gasteiger partial charge in [0.15, 0.2) is 0 Å². The summed E-state index contributed by atoms with van der Waals surface area (Å²) in [7, 11) is 0. The minimum Gasteiger partial charge on any atom is -0.396 e. The molecule has 1 aliphatic rings. The molecule has 102 valence electrons. The Balaban J connectivity index is 2.11. The van der Waals surface area contributed by atoms with Gasteiger partial charge in [0, 0.05) is 37.0 Å². The smallest absolute Gasteiger partial charge is 0.0641 e. The molecule has 1 aliphatic heterocycles. The zero-order chi connectivity index (χ0) is 13.1. The van der Waals surface area contributed by atoms with E-state index in [0.29, 0.717) is 12.6 Å². The average Bonchev–Trinajstić information content (AvgIpc) is 2.89. The molecule has 0 unspecified atom stereocenters. The van der Waals surface area contributed by atoms with Gasteiger partial charge in [0.25, 0.3) is 0 Å². The lowest BCUT2D eigenvalue weighted by Gasteiger charge is -2.24. The fourth-order valence-electron chi connectivity index (χ4n) is 3.05. The minimum atomic E-state index is 0.299. The summed E-state index contributed by atoms with van der Waals surface area (Å²) in [4.78, 5) is 2.51. The van der Waals surface area contributed by atoms with E-state index in [9.17, 15) is 0 Å². The maximum atomic E-state index is 9.12. The van der Waals surface area contributed by atoms with Gasteiger partial charge in [-0.3, -0.25) is 9.58 Å². The third-order valence-electron chi connectivity index (χ3n) is 4.15. The van der Waals surface area contributed by atoms with Crippen LogP contribution in [0.15, 0.2) is 0 Å². The number of aliphatic hydroxyl groups excluding tert-OH is 1. The first-order valence-electron chi connectivity index (χ1n) is 7.05. The molecule has 0 saturated carbocycles. The van der Waals surface area contributed by atoms with E-state index in [1.807, 2.05) is 0 Å². The zero-order valence-corrected chi connectivity index (χ0v) is 11.8. The van der Waals surface area contributed by atoms with Gasteiger partial charge in [0.2, 0.25) is 0 Å². The normalized spacial score (nSPS) is 20.8. The first-order chi connectivity index (χ1) is 8.67. The second kappa shape index (κ2) is 5.85. The molecule has 4 nitrogen and oxygen atoms in total. The average molecular weight is 251 g/mol. The molecule has 2 heterocycles. The van der Waals surface area contributed by atoms with Crippen LogP contribution in [0.5, 0.6) is 0 Å². The summed E-state index contributed by atoms with van der Waals surface area (Å²) < 4.78 is 2.09. The van der Waals surface area contributed by atoms with E-state index < -0.39 is 0 Å². The summed E-state index contributed by atoms with van der Waals surface area (Å²) in [6.07, 6.45) is 3.38. The molecular formula is C14H25N3O. The second-order valence-corrected chi connectivity index (χ2v) is 5.24. The highest BCUT2D eigenvalue weighted by atomic mass is 16.3. The molecule has 2 rings (SSSR count). The number of rotatable bonds is 5. The number of aromatic nitrogens is 2. The Labute approximate surface area is 110 Å². The Morgan fingerprint density at radius 3 is 2.78 bits per heavy atom. The van der Waals surface area contributed by atoms with E-state index >= 15 is 0 Å². The van der Waals surface area contributed by atoms with E-state index in [-0.39, 0.29) is 0 Å². The number of aryl methyl sites for hydroxylation is 2. The predicted molar refractivity (Wildman–Crippen MR) is 72.5 cm³/mol. The highest BCUT2D eigenvalue weighted by Crippen LogP contribution is 2.24. The minimum absolute atomic E-state index is 0.299. The molecule has 1 fully saturated rings. The monoisotopic (exact) mass is 251 g/mol. The van der Waals surface area contributed by atoms with E-state index in [0.717, 1.165) is 31.7 Å². The molecular weight excluding hydrogens is 226 g/mol. The van der Waals surface area contributed by atoms with Gasteiger partial charge in [-0.05, 0) is 46.6 Å². The Morgan fingerprint density at radius 2 is 2.17 bits per heavy atom. The van der Waals surface area contributed by atoms with Crippen LogP contribution in [-0.4, -0.2) is 39.0 Å². The molecule has 0 amide bonds. The van der Waals surface area contributed by atoms with Crippen molar-refractivity contribution in [3.8, 4) is 0 Å². The molecule has 1 aromatic heterocycles. The molecule has 0 aliphatic carbocycles. The zero-order valence-electron chi connectivity index (χ0n) is 11.8. The summed E-state index contributed by atoms with van der Waals surface area (Å²) in [5, 5.41) is 13.7. The van der Waals surface area contributed by atoms with Crippen molar-refractivity contribution in [2.75, 3.05) is 13.2 Å². The molecule has 18 heavy (non-hydrogen) atoms. The number of aliphatic hydroxyl groups is 1. The van der Waals surface area contributed by atoms with E-state index in [1.165, 1.54) is 24.1 Å². The van der Waals surface area contributed by atoms with Crippen molar-refractivity contribution >= 4 is 0 Å². The Kier molecular flexibility index (Phi) is 4.40. The summed E-state index contributed by atoms with van der Waals surface area (Å²) in [6.45, 7) is 9.78. The largest absolute Gasteiger partial charge is 0.396 e. The van der Waals surface area contributed by atoms with Gasteiger partial charge in [0.05, 0.1) is 5.69 Å². The van der Waals surface area contributed by atoms with Crippen molar-refractivity contribution in [3.05, 3.63) is 17.0 Å². The fourth-order valence-corrected chi connectivity index (χ4v) is 3.05. The third kappa shape index (κ3) is 2.59. The van der Waals surface area contributed by atoms with Gasteiger partial charge >= 0.3 is 0 Å². The molecule has 0 radical (unpaired) electrons. The topological polar surface area (TPSA) is 41.3 Å². The Hall–Kier alpha value is -0.870. The highest BCUT2D eigenvalue weighted by molar-refractivity contribution is 5.24. The van der Waals surface area contributed by atoms with Gasteiger partial charge < -0.3 is 5.11 Å². The van der Waals surface area contributed by atoms with Crippen LogP contribution in [0.4, 0.5) is 0 Å². The van der Waals surface area contributed by atoms with Crippen LogP contribution in [0.3, 0.4) is 0 Å². The lowest BCUT2D eigenvalue weighted by atomic mass is 10.1. The summed E-state index contributed by atoms with van der Waals surface area (Å²) in [5.74, 6) is 0. The second-order valence-electron chi connectivity index (χ2n) is 5.24. The van der Waals surface area contributed by atoms with Crippen molar-refractivity contribution in [1.82, 2.24) is 14.7 Å². The lowest BCUT2D eigenvalue weighted by molar-refractivity contribution is 0.189. The molecule has 1 N–H and O–H groups in total. The molecule has 1 aromatic rings. The molecule has 1 saturated heterocycles. The maximum Gasteiger partial charge on any atom is 0.0641 e. The van der Waals surface area contributed by atoms with Gasteiger partial charge in [0.1, 0.15) is 0 Å². The summed E-state index contributed by atoms with van der Waals surface area (Å²) in [5.41, 5.74) is 3.83. The van der Waals surface area contributed by atoms with Gasteiger partial charge in [-0.15, -0.1) is 0 Å². The quantitative estimate of drug-likeness (QED) is 0.868. The molecule has 0 spiro atoms. The number of hydrogen-bond donors (Lipinski definition) is 1. The van der Waals surface area contributed by atoms with Crippen LogP contribution in [0, 0.1) is 13.8 Å². The van der Waals surface area contributed by atoms with Crippen molar-refractivity contribution in [2.24, 2.45) is 0 Å². The third-order valence-corrected chi connectivity index (χ3v) is 4.15. The van der Waals surface area contributed by atoms with Gasteiger partial charge in [-0.2, -0.15) is 5.10 Å². The predicted octanol–water partition coefficient (Wildman–Crippen LogP) is 1.87. The van der Waals surface area contributed by atoms with Crippen LogP contribution >= 0.6 is 0 Å². The van der Waals surface area contributed by atoms with Crippen molar-refractivity contribution < 1.29 is 5.11 Å². The van der Waals surface area contributed by atoms with Crippen LogP contribution in [-0.2, 0) is 13.1 Å². The maximum absolute atomic E-state index is 9.12. The van der Waals surface area contributed by atoms with Crippen molar-refractivity contribution in [3.63, 3.8) is 0 Å². The number of hydrogen-bond acceptors (Lipinski definition) is 3. The molecule has 0 bridgehead atoms. The molecule has 0 aromatic carbocycles. The van der Waals surface area contributed by atoms with Crippen LogP contribution in [0.25, 0.3) is 0 Å². The Bertz CT molecular complexity index is 400. The van der Waals surface area contributed by atoms with Gasteiger partial charge in [-0.1, -0.05) is 0 Å². The fraction of sp³-hybridized carbons (Fsp3) is 0.786. The summed E-state index contributed by atoms with van der Waals surface area (Å²) >= 11 is 0. The number of likely N-dealkylation sites (tertiary alicyclic amines) is 1. The summed E-state index contributed by atoms with van der Waals surface area (Å²) in [6, 6.07) is 0.554. The van der Waals surface area contributed by atoms with Crippen LogP contribution in [0.1, 0.15) is 43.1 Å². The van der Waals surface area contributed by atoms with E-state index in [4.69, 9.17) is 5.11 Å². The van der Waals surface area contributed by atoms with Crippen molar-refractivity contribution in [1.29, 1.82) is 0 Å². The standard InChI is InChI=1S/C14H25N3O/c1-4-17-12(3)14(11(2)15-17)10-16-8-5-6-13(16)7-9-18/h13,18H,4-10H2,1-3H3/t13-/m1/s1. The first-order valence-corrected chi connectivity index (χ1v) is 7.05. The first kappa shape index (κ1) is 13.6. The van der Waals surface area contributed by atoms with E-state index in [1.54, 1.807) is 0 Å². The number of nitrogens with zero attached hydrogens (tertiary/aromatic N) is 3. The lowest BCUT2D eigenvalue weighted by Crippen LogP contribution is -2.30. The van der Waals surface area contributed by atoms with Gasteiger partial charge in [-0.25, -0.2) is 0 Å². The highest BCUT2D eigenvalue weighted by Gasteiger charge is 2.25. The Morgan fingerprint density at radius 1 is 1.39 bits per heavy atom. The van der Waals surface area contributed by atoms with Crippen molar-refractivity contribution in [2.45, 2.75) is 59.2 Å². The van der Waals surface area contributed by atoms with Crippen LogP contribution < -0.4 is 0 Å². The SMILES string of the molecule is CCn1nc(C)c(CN2CCC[C@@H]2CCO)c1C. The molecule has 1 atom stereocenters. The van der Waals surface area contributed by atoms with E-state index in [2.05, 4.69) is 35.5 Å². The molecule has 4 heteroatoms.